The van der Waals surface area contributed by atoms with E-state index in [4.69, 9.17) is 9.47 Å². The molecule has 8 nitrogen and oxygen atoms in total. The lowest BCUT2D eigenvalue weighted by Crippen LogP contribution is -2.11. The van der Waals surface area contributed by atoms with Crippen LogP contribution in [0.3, 0.4) is 0 Å². The molecular formula is C15H19BrN6O2. The number of aromatic nitrogens is 6. The van der Waals surface area contributed by atoms with Crippen LogP contribution < -0.4 is 4.74 Å². The normalized spacial score (nSPS) is 12.9. The second-order valence-electron chi connectivity index (χ2n) is 5.47. The third-order valence-electron chi connectivity index (χ3n) is 3.30. The van der Waals surface area contributed by atoms with Gasteiger partial charge in [0.15, 0.2) is 5.75 Å². The Morgan fingerprint density at radius 2 is 2.04 bits per heavy atom. The number of hydrogen-bond donors (Lipinski definition) is 0. The molecule has 0 aromatic carbocycles. The van der Waals surface area contributed by atoms with Crippen LogP contribution in [0.25, 0.3) is 17.0 Å². The average Bonchev–Trinajstić information content (AvgIpc) is 3.13. The van der Waals surface area contributed by atoms with E-state index in [2.05, 4.69) is 36.1 Å². The maximum atomic E-state index is 5.96. The lowest BCUT2D eigenvalue weighted by atomic mass is 10.2. The largest absolute Gasteiger partial charge is 0.485 e. The highest BCUT2D eigenvalue weighted by molar-refractivity contribution is 9.10. The number of fused-ring (bicyclic) bond motifs is 1. The molecule has 0 fully saturated rings. The van der Waals surface area contributed by atoms with Crippen LogP contribution in [0.15, 0.2) is 23.3 Å². The topological polar surface area (TPSA) is 79.4 Å². The fourth-order valence-electron chi connectivity index (χ4n) is 2.32. The Kier molecular flexibility index (Phi) is 4.81. The van der Waals surface area contributed by atoms with Crippen molar-refractivity contribution in [3.63, 3.8) is 0 Å². The van der Waals surface area contributed by atoms with Crippen LogP contribution in [0.2, 0.25) is 0 Å². The zero-order chi connectivity index (χ0) is 17.3. The summed E-state index contributed by atoms with van der Waals surface area (Å²) in [6, 6.07) is 1.88. The first-order valence-corrected chi connectivity index (χ1v) is 8.53. The van der Waals surface area contributed by atoms with E-state index >= 15 is 0 Å². The number of halogens is 1. The Hall–Kier alpha value is -2.00. The van der Waals surface area contributed by atoms with Crippen molar-refractivity contribution in [3.05, 3.63) is 23.3 Å². The molecule has 0 amide bonds. The molecule has 1 atom stereocenters. The van der Waals surface area contributed by atoms with Gasteiger partial charge in [0.1, 0.15) is 23.9 Å². The van der Waals surface area contributed by atoms with Crippen molar-refractivity contribution in [1.29, 1.82) is 0 Å². The van der Waals surface area contributed by atoms with E-state index in [1.807, 2.05) is 40.0 Å². The Morgan fingerprint density at radius 1 is 1.25 bits per heavy atom. The lowest BCUT2D eigenvalue weighted by molar-refractivity contribution is 0.0161. The monoisotopic (exact) mass is 394 g/mol. The summed E-state index contributed by atoms with van der Waals surface area (Å²) in [5, 5.41) is 8.77. The zero-order valence-electron chi connectivity index (χ0n) is 14.0. The van der Waals surface area contributed by atoms with Crippen LogP contribution in [0.1, 0.15) is 33.9 Å². The summed E-state index contributed by atoms with van der Waals surface area (Å²) in [5.74, 6) is 0.556. The molecule has 0 aliphatic carbocycles. The predicted octanol–water partition coefficient (Wildman–Crippen LogP) is 3.09. The number of nitrogens with zero attached hydrogens (tertiary/aromatic N) is 6. The maximum absolute atomic E-state index is 5.96. The number of hydrogen-bond acceptors (Lipinski definition) is 6. The van der Waals surface area contributed by atoms with E-state index in [1.54, 1.807) is 15.5 Å². The molecule has 0 N–H and O–H groups in total. The smallest absolute Gasteiger partial charge is 0.218 e. The Balaban J connectivity index is 2.08. The molecule has 3 aromatic heterocycles. The Labute approximate surface area is 147 Å². The first kappa shape index (κ1) is 16.8. The summed E-state index contributed by atoms with van der Waals surface area (Å²) >= 11 is 3.28. The van der Waals surface area contributed by atoms with Gasteiger partial charge in [-0.2, -0.15) is 14.6 Å². The molecule has 0 spiro atoms. The first-order valence-electron chi connectivity index (χ1n) is 7.74. The fraction of sp³-hybridized carbons (Fsp3) is 0.467. The van der Waals surface area contributed by atoms with Crippen molar-refractivity contribution in [2.75, 3.05) is 6.61 Å². The van der Waals surface area contributed by atoms with Crippen LogP contribution in [0, 0.1) is 0 Å². The molecular weight excluding hydrogens is 376 g/mol. The van der Waals surface area contributed by atoms with Crippen LogP contribution in [-0.2, 0) is 4.74 Å². The molecule has 3 heterocycles. The van der Waals surface area contributed by atoms with Crippen molar-refractivity contribution in [2.24, 2.45) is 0 Å². The van der Waals surface area contributed by atoms with Gasteiger partial charge in [0.05, 0.1) is 6.10 Å². The van der Waals surface area contributed by atoms with Gasteiger partial charge in [-0.15, -0.1) is 5.10 Å². The molecule has 0 aliphatic heterocycles. The van der Waals surface area contributed by atoms with E-state index in [9.17, 15) is 0 Å². The second kappa shape index (κ2) is 6.86. The maximum Gasteiger partial charge on any atom is 0.218 e. The van der Waals surface area contributed by atoms with E-state index < -0.39 is 0 Å². The van der Waals surface area contributed by atoms with Crippen LogP contribution >= 0.6 is 15.9 Å². The van der Waals surface area contributed by atoms with E-state index in [1.165, 1.54) is 0 Å². The molecule has 1 unspecified atom stereocenters. The summed E-state index contributed by atoms with van der Waals surface area (Å²) in [6.07, 6.45) is 3.28. The summed E-state index contributed by atoms with van der Waals surface area (Å²) in [4.78, 5) is 8.83. The van der Waals surface area contributed by atoms with Crippen molar-refractivity contribution in [2.45, 2.75) is 40.0 Å². The molecule has 0 saturated heterocycles. The van der Waals surface area contributed by atoms with Crippen LogP contribution in [0.4, 0.5) is 0 Å². The van der Waals surface area contributed by atoms with Crippen molar-refractivity contribution in [3.8, 4) is 17.1 Å². The minimum Gasteiger partial charge on any atom is -0.485 e. The second-order valence-corrected chi connectivity index (χ2v) is 6.18. The minimum absolute atomic E-state index is 0.0309. The molecule has 0 saturated carbocycles. The molecule has 0 aliphatic rings. The van der Waals surface area contributed by atoms with Gasteiger partial charge >= 0.3 is 0 Å². The zero-order valence-corrected chi connectivity index (χ0v) is 15.6. The third-order valence-corrected chi connectivity index (χ3v) is 3.64. The highest BCUT2D eigenvalue weighted by atomic mass is 79.9. The standard InChI is InChI=1S/C15H19BrN6O2/c1-5-23-10(4)21-7-6-11(19-21)12-13(24-9(2)3)14-18-15(16)20-22(14)8-17-12/h6-10H,5H2,1-4H3. The summed E-state index contributed by atoms with van der Waals surface area (Å²) in [7, 11) is 0. The average molecular weight is 395 g/mol. The molecule has 24 heavy (non-hydrogen) atoms. The fourth-order valence-corrected chi connectivity index (χ4v) is 2.66. The van der Waals surface area contributed by atoms with E-state index in [-0.39, 0.29) is 12.3 Å². The quantitative estimate of drug-likeness (QED) is 0.638. The first-order chi connectivity index (χ1) is 11.5. The van der Waals surface area contributed by atoms with Gasteiger partial charge in [0.25, 0.3) is 0 Å². The predicted molar refractivity (Wildman–Crippen MR) is 91.8 cm³/mol. The van der Waals surface area contributed by atoms with Crippen molar-refractivity contribution in [1.82, 2.24) is 29.4 Å². The van der Waals surface area contributed by atoms with Crippen molar-refractivity contribution >= 4 is 21.6 Å². The van der Waals surface area contributed by atoms with Crippen LogP contribution in [0.5, 0.6) is 5.75 Å². The van der Waals surface area contributed by atoms with Gasteiger partial charge in [-0.1, -0.05) is 0 Å². The highest BCUT2D eigenvalue weighted by Gasteiger charge is 2.20. The highest BCUT2D eigenvalue weighted by Crippen LogP contribution is 2.31. The van der Waals surface area contributed by atoms with Crippen molar-refractivity contribution < 1.29 is 9.47 Å². The van der Waals surface area contributed by atoms with Gasteiger partial charge in [-0.25, -0.2) is 9.67 Å². The lowest BCUT2D eigenvalue weighted by Gasteiger charge is -2.13. The number of rotatable bonds is 6. The molecule has 128 valence electrons. The third kappa shape index (κ3) is 3.27. The summed E-state index contributed by atoms with van der Waals surface area (Å²) in [6.45, 7) is 8.42. The van der Waals surface area contributed by atoms with Gasteiger partial charge in [0.2, 0.25) is 10.4 Å². The van der Waals surface area contributed by atoms with Crippen LogP contribution in [-0.4, -0.2) is 42.1 Å². The number of ether oxygens (including phenoxy) is 2. The van der Waals surface area contributed by atoms with Gasteiger partial charge in [-0.3, -0.25) is 0 Å². The Morgan fingerprint density at radius 3 is 2.75 bits per heavy atom. The molecule has 3 aromatic rings. The molecule has 0 radical (unpaired) electrons. The van der Waals surface area contributed by atoms with E-state index in [0.29, 0.717) is 34.1 Å². The van der Waals surface area contributed by atoms with Gasteiger partial charge < -0.3 is 9.47 Å². The molecule has 0 bridgehead atoms. The molecule has 9 heteroatoms. The SMILES string of the molecule is CCOC(C)n1ccc(-c2ncn3nc(Br)nc3c2OC(C)C)n1. The van der Waals surface area contributed by atoms with E-state index in [0.717, 1.165) is 0 Å². The summed E-state index contributed by atoms with van der Waals surface area (Å²) < 4.78 is 15.3. The summed E-state index contributed by atoms with van der Waals surface area (Å²) in [5.41, 5.74) is 1.91. The van der Waals surface area contributed by atoms with Gasteiger partial charge in [-0.05, 0) is 49.7 Å². The Bertz CT molecular complexity index is 844. The molecule has 3 rings (SSSR count). The van der Waals surface area contributed by atoms with Gasteiger partial charge in [0, 0.05) is 12.8 Å². The minimum atomic E-state index is -0.149.